The van der Waals surface area contributed by atoms with Crippen molar-refractivity contribution in [2.24, 2.45) is 14.1 Å². The molecule has 4 heterocycles. The number of nitrogens with zero attached hydrogens (tertiary/aromatic N) is 4. The summed E-state index contributed by atoms with van der Waals surface area (Å²) < 4.78 is 10.5. The summed E-state index contributed by atoms with van der Waals surface area (Å²) in [5.74, 6) is 0. The first-order valence-corrected chi connectivity index (χ1v) is 25.7. The van der Waals surface area contributed by atoms with E-state index in [9.17, 15) is 0 Å². The van der Waals surface area contributed by atoms with Crippen LogP contribution in [0.1, 0.15) is 45.2 Å². The van der Waals surface area contributed by atoms with Gasteiger partial charge in [0.05, 0.1) is 0 Å². The molecule has 2 aromatic heterocycles. The molecule has 9 aromatic rings. The van der Waals surface area contributed by atoms with Crippen molar-refractivity contribution < 1.29 is 9.13 Å². The van der Waals surface area contributed by atoms with E-state index in [1.807, 2.05) is 0 Å². The van der Waals surface area contributed by atoms with Crippen LogP contribution >= 0.6 is 0 Å². The first kappa shape index (κ1) is 40.8. The van der Waals surface area contributed by atoms with E-state index in [4.69, 9.17) is 0 Å². The molecular formula is C58H52N4Se2+2. The summed E-state index contributed by atoms with van der Waals surface area (Å²) in [5.41, 5.74) is 13.0. The van der Waals surface area contributed by atoms with Gasteiger partial charge in [-0.15, -0.1) is 0 Å². The molecule has 0 fully saturated rings. The van der Waals surface area contributed by atoms with Crippen molar-refractivity contribution in [3.8, 4) is 0 Å². The minimum atomic E-state index is -0.184. The quantitative estimate of drug-likeness (QED) is 0.111. The Bertz CT molecular complexity index is 3210. The van der Waals surface area contributed by atoms with Crippen LogP contribution in [0.3, 0.4) is 0 Å². The van der Waals surface area contributed by atoms with Crippen LogP contribution in [-0.4, -0.2) is 43.1 Å². The van der Waals surface area contributed by atoms with Crippen molar-refractivity contribution in [1.29, 1.82) is 0 Å². The fourth-order valence-corrected chi connectivity index (χ4v) is 15.8. The van der Waals surface area contributed by atoms with Gasteiger partial charge in [0.15, 0.2) is 0 Å². The number of aromatic nitrogens is 2. The number of anilines is 2. The Hall–Kier alpha value is -6.00. The molecule has 0 saturated carbocycles. The maximum atomic E-state index is 2.43. The third-order valence-corrected chi connectivity index (χ3v) is 19.5. The molecule has 2 atom stereocenters. The summed E-state index contributed by atoms with van der Waals surface area (Å²) >= 11 is 0.483. The van der Waals surface area contributed by atoms with Gasteiger partial charge in [0.25, 0.3) is 0 Å². The van der Waals surface area contributed by atoms with Crippen LogP contribution in [-0.2, 0) is 37.8 Å². The Labute approximate surface area is 388 Å². The number of allylic oxidation sites excluding steroid dienone is 6. The Morgan fingerprint density at radius 3 is 1.31 bits per heavy atom. The molecule has 4 nitrogen and oxygen atoms in total. The van der Waals surface area contributed by atoms with Crippen molar-refractivity contribution in [1.82, 2.24) is 0 Å². The number of fused-ring (bicyclic) bond motifs is 8. The van der Waals surface area contributed by atoms with E-state index in [1.54, 1.807) is 0 Å². The van der Waals surface area contributed by atoms with Crippen LogP contribution in [0.15, 0.2) is 181 Å². The number of hydrogen-bond acceptors (Lipinski definition) is 2. The fraction of sp³-hybridized carbons (Fsp3) is 0.172. The average molecular weight is 963 g/mol. The standard InChI is InChI=1S/C58H52N4Se2/c1-57(45-21-11-13-23-47(45)59(3)51(57)25-15-27-53-61(5)49-35-33-41-17-7-9-19-43(41)55(49)63-53)37-39-29-31-40(32-30-39)38-58(2)46-22-12-14-24-48(46)60(4)52(58)26-16-28-54-62(6)50-36-34-42-18-8-10-20-44(42)56(50)64-54/h7-36H,37-38H2,1-6H3/q+2. The molecule has 11 rings (SSSR count). The number of likely N-dealkylation sites (N-methyl/N-ethyl adjacent to an activating group) is 2. The molecule has 314 valence electrons. The van der Waals surface area contributed by atoms with Crippen LogP contribution in [0.5, 0.6) is 0 Å². The van der Waals surface area contributed by atoms with Crippen molar-refractivity contribution in [3.05, 3.63) is 213 Å². The number of benzene rings is 7. The van der Waals surface area contributed by atoms with Gasteiger partial charge in [0.1, 0.15) is 0 Å². The van der Waals surface area contributed by atoms with Gasteiger partial charge >= 0.3 is 391 Å². The third-order valence-electron chi connectivity index (χ3n) is 14.2. The Morgan fingerprint density at radius 2 is 0.875 bits per heavy atom. The van der Waals surface area contributed by atoms with E-state index in [-0.39, 0.29) is 39.8 Å². The molecular weight excluding hydrogens is 911 g/mol. The van der Waals surface area contributed by atoms with Crippen LogP contribution in [0.2, 0.25) is 0 Å². The van der Waals surface area contributed by atoms with Crippen molar-refractivity contribution in [2.75, 3.05) is 23.9 Å². The van der Waals surface area contributed by atoms with Crippen molar-refractivity contribution in [3.63, 3.8) is 0 Å². The Balaban J connectivity index is 0.879. The summed E-state index contributed by atoms with van der Waals surface area (Å²) in [7, 11) is 8.90. The van der Waals surface area contributed by atoms with Gasteiger partial charge in [0, 0.05) is 0 Å². The van der Waals surface area contributed by atoms with Crippen LogP contribution in [0.4, 0.5) is 11.4 Å². The zero-order chi connectivity index (χ0) is 43.7. The topological polar surface area (TPSA) is 14.2 Å². The molecule has 6 heteroatoms. The van der Waals surface area contributed by atoms with Gasteiger partial charge in [-0.3, -0.25) is 0 Å². The molecule has 0 aliphatic carbocycles. The predicted octanol–water partition coefficient (Wildman–Crippen LogP) is 11.2. The number of rotatable bonds is 8. The van der Waals surface area contributed by atoms with Gasteiger partial charge < -0.3 is 0 Å². The first-order chi connectivity index (χ1) is 31.1. The predicted molar refractivity (Wildman–Crippen MR) is 272 cm³/mol. The van der Waals surface area contributed by atoms with Gasteiger partial charge in [-0.05, 0) is 0 Å². The first-order valence-electron chi connectivity index (χ1n) is 22.2. The Kier molecular flexibility index (Phi) is 10.1. The van der Waals surface area contributed by atoms with E-state index < -0.39 is 0 Å². The molecule has 0 amide bonds. The molecule has 0 bridgehead atoms. The molecule has 0 radical (unpaired) electrons. The second-order valence-electron chi connectivity index (χ2n) is 18.1. The van der Waals surface area contributed by atoms with E-state index >= 15 is 0 Å². The van der Waals surface area contributed by atoms with Crippen molar-refractivity contribution >= 4 is 93.6 Å². The van der Waals surface area contributed by atoms with Gasteiger partial charge in [-0.25, -0.2) is 0 Å². The minimum absolute atomic E-state index is 0.184. The van der Waals surface area contributed by atoms with Gasteiger partial charge in [-0.1, -0.05) is 0 Å². The Morgan fingerprint density at radius 1 is 0.484 bits per heavy atom. The fourth-order valence-electron chi connectivity index (χ4n) is 10.8. The van der Waals surface area contributed by atoms with Crippen LogP contribution in [0, 0.1) is 0 Å². The van der Waals surface area contributed by atoms with Crippen LogP contribution < -0.4 is 18.9 Å². The SMILES string of the molecule is CN1C(=CC=Cc2[se]c3c4ccccc4ccc3[n+]2C)C(C)(Cc2ccc(CC3(C)C(=CC=Cc4[se]c5c6ccccc6ccc5[n+]4C)N(C)c4ccccc43)cc2)c2ccccc21. The number of para-hydroxylation sites is 2. The van der Waals surface area contributed by atoms with Crippen molar-refractivity contribution in [2.45, 2.75) is 37.5 Å². The summed E-state index contributed by atoms with van der Waals surface area (Å²) in [6.45, 7) is 4.87. The van der Waals surface area contributed by atoms with E-state index in [1.165, 1.54) is 95.3 Å². The normalized spacial score (nSPS) is 19.8. The molecule has 2 unspecified atom stereocenters. The van der Waals surface area contributed by atoms with Gasteiger partial charge in [0.2, 0.25) is 0 Å². The molecule has 2 aliphatic heterocycles. The van der Waals surface area contributed by atoms with E-state index in [0.29, 0.717) is 0 Å². The second-order valence-corrected chi connectivity index (χ2v) is 22.4. The number of aryl methyl sites for hydroxylation is 2. The molecule has 7 aromatic carbocycles. The van der Waals surface area contributed by atoms with Crippen LogP contribution in [0.25, 0.3) is 53.3 Å². The molecule has 0 N–H and O–H groups in total. The summed E-state index contributed by atoms with van der Waals surface area (Å²) in [4.78, 5) is 4.82. The average Bonchev–Trinajstić information content (AvgIpc) is 3.96. The zero-order valence-corrected chi connectivity index (χ0v) is 40.8. The zero-order valence-electron chi connectivity index (χ0n) is 37.3. The monoisotopic (exact) mass is 964 g/mol. The summed E-state index contributed by atoms with van der Waals surface area (Å²) in [5, 5.41) is 5.40. The third kappa shape index (κ3) is 6.62. The second kappa shape index (κ2) is 15.9. The summed E-state index contributed by atoms with van der Waals surface area (Å²) in [6.07, 6.45) is 15.9. The van der Waals surface area contributed by atoms with Gasteiger partial charge in [-0.2, -0.15) is 0 Å². The molecule has 0 saturated heterocycles. The van der Waals surface area contributed by atoms with E-state index in [2.05, 4.69) is 243 Å². The molecule has 2 aliphatic rings. The maximum absolute atomic E-state index is 2.43. The number of hydrogen-bond donors (Lipinski definition) is 0. The molecule has 0 spiro atoms. The molecule has 64 heavy (non-hydrogen) atoms. The summed E-state index contributed by atoms with van der Waals surface area (Å²) in [6, 6.07) is 54.2. The van der Waals surface area contributed by atoms with E-state index in [0.717, 1.165) is 12.8 Å².